The average molecular weight is 299 g/mol. The smallest absolute Gasteiger partial charge is 0.123 e. The topological polar surface area (TPSA) is 18.5 Å². The van der Waals surface area contributed by atoms with Gasteiger partial charge in [-0.3, -0.25) is 0 Å². The fraction of sp³-hybridized carbons (Fsp3) is 0.571. The molecule has 1 aromatic carbocycles. The summed E-state index contributed by atoms with van der Waals surface area (Å²) in [5.41, 5.74) is 2.30. The van der Waals surface area contributed by atoms with Crippen LogP contribution in [0.5, 0.6) is 5.75 Å². The molecule has 1 saturated heterocycles. The van der Waals surface area contributed by atoms with Crippen molar-refractivity contribution >= 4 is 15.9 Å². The number of benzene rings is 1. The lowest BCUT2D eigenvalue weighted by Gasteiger charge is -2.30. The van der Waals surface area contributed by atoms with Crippen LogP contribution < -0.4 is 4.74 Å². The maximum atomic E-state index is 5.89. The van der Waals surface area contributed by atoms with Gasteiger partial charge in [-0.1, -0.05) is 33.6 Å². The van der Waals surface area contributed by atoms with E-state index in [2.05, 4.69) is 41.9 Å². The minimum atomic E-state index is -0.124. The van der Waals surface area contributed by atoms with Crippen molar-refractivity contribution in [2.75, 3.05) is 13.7 Å². The van der Waals surface area contributed by atoms with Crippen molar-refractivity contribution in [1.29, 1.82) is 0 Å². The normalized spacial score (nSPS) is 25.9. The summed E-state index contributed by atoms with van der Waals surface area (Å²) in [5, 5.41) is 0. The number of hydrogen-bond donors (Lipinski definition) is 0. The summed E-state index contributed by atoms with van der Waals surface area (Å²) in [6.07, 6.45) is 2.22. The number of methoxy groups -OCH3 is 1. The molecule has 1 aliphatic rings. The molecular formula is C14H19BrO2. The van der Waals surface area contributed by atoms with E-state index in [0.717, 1.165) is 25.2 Å². The number of ether oxygens (including phenoxy) is 2. The van der Waals surface area contributed by atoms with Gasteiger partial charge in [-0.05, 0) is 32.8 Å². The highest BCUT2D eigenvalue weighted by atomic mass is 79.9. The van der Waals surface area contributed by atoms with Crippen molar-refractivity contribution in [3.63, 3.8) is 0 Å². The van der Waals surface area contributed by atoms with Crippen LogP contribution in [0.25, 0.3) is 0 Å². The molecule has 0 spiro atoms. The number of rotatable bonds is 3. The predicted molar refractivity (Wildman–Crippen MR) is 73.0 cm³/mol. The summed E-state index contributed by atoms with van der Waals surface area (Å²) in [5.74, 6) is 0.925. The Morgan fingerprint density at radius 3 is 2.82 bits per heavy atom. The summed E-state index contributed by atoms with van der Waals surface area (Å²) >= 11 is 3.79. The number of alkyl halides is 1. The number of halogens is 1. The Hall–Kier alpha value is -0.540. The van der Waals surface area contributed by atoms with Crippen LogP contribution in [0, 0.1) is 6.92 Å². The first-order chi connectivity index (χ1) is 8.07. The third-order valence-corrected chi connectivity index (χ3v) is 4.91. The lowest BCUT2D eigenvalue weighted by atomic mass is 9.92. The van der Waals surface area contributed by atoms with Crippen LogP contribution in [0.2, 0.25) is 0 Å². The first kappa shape index (κ1) is 12.9. The minimum Gasteiger partial charge on any atom is -0.496 e. The Morgan fingerprint density at radius 1 is 1.47 bits per heavy atom. The van der Waals surface area contributed by atoms with E-state index in [9.17, 15) is 0 Å². The van der Waals surface area contributed by atoms with Gasteiger partial charge >= 0.3 is 0 Å². The maximum Gasteiger partial charge on any atom is 0.123 e. The Morgan fingerprint density at radius 2 is 2.24 bits per heavy atom. The molecule has 0 saturated carbocycles. The largest absolute Gasteiger partial charge is 0.496 e. The molecule has 1 heterocycles. The van der Waals surface area contributed by atoms with E-state index >= 15 is 0 Å². The van der Waals surface area contributed by atoms with Crippen molar-refractivity contribution in [3.05, 3.63) is 29.3 Å². The fourth-order valence-electron chi connectivity index (χ4n) is 2.38. The lowest BCUT2D eigenvalue weighted by molar-refractivity contribution is 0.0193. The van der Waals surface area contributed by atoms with Crippen LogP contribution in [-0.4, -0.2) is 19.3 Å². The molecule has 0 bridgehead atoms. The molecule has 1 aliphatic heterocycles. The predicted octanol–water partition coefficient (Wildman–Crippen LogP) is 4.01. The summed E-state index contributed by atoms with van der Waals surface area (Å²) in [6.45, 7) is 5.12. The van der Waals surface area contributed by atoms with E-state index in [1.807, 2.05) is 6.07 Å². The molecule has 1 fully saturated rings. The molecule has 0 aromatic heterocycles. The molecule has 2 nitrogen and oxygen atoms in total. The summed E-state index contributed by atoms with van der Waals surface area (Å²) in [4.78, 5) is 0.173. The summed E-state index contributed by atoms with van der Waals surface area (Å²) in [6, 6.07) is 6.27. The summed E-state index contributed by atoms with van der Waals surface area (Å²) in [7, 11) is 1.71. The Kier molecular flexibility index (Phi) is 3.79. The second kappa shape index (κ2) is 4.99. The molecule has 0 amide bonds. The van der Waals surface area contributed by atoms with Crippen LogP contribution in [0.3, 0.4) is 0 Å². The highest BCUT2D eigenvalue weighted by Gasteiger charge is 2.39. The van der Waals surface area contributed by atoms with Gasteiger partial charge in [0.2, 0.25) is 0 Å². The third kappa shape index (κ3) is 2.50. The maximum absolute atomic E-state index is 5.89. The molecule has 17 heavy (non-hydrogen) atoms. The fourth-order valence-corrected chi connectivity index (χ4v) is 3.10. The van der Waals surface area contributed by atoms with Crippen LogP contribution in [0.4, 0.5) is 0 Å². The SMILES string of the molecule is COc1ccc(C)cc1C(Br)C1(C)CCCO1. The summed E-state index contributed by atoms with van der Waals surface area (Å²) < 4.78 is 11.3. The van der Waals surface area contributed by atoms with Crippen molar-refractivity contribution in [1.82, 2.24) is 0 Å². The standard InChI is InChI=1S/C14H19BrO2/c1-10-5-6-12(16-3)11(9-10)13(15)14(2)7-4-8-17-14/h5-6,9,13H,4,7-8H2,1-3H3. The van der Waals surface area contributed by atoms with Crippen molar-refractivity contribution in [2.24, 2.45) is 0 Å². The lowest BCUT2D eigenvalue weighted by Crippen LogP contribution is -2.28. The third-order valence-electron chi connectivity index (χ3n) is 3.44. The van der Waals surface area contributed by atoms with E-state index in [1.54, 1.807) is 7.11 Å². The number of aryl methyl sites for hydroxylation is 1. The minimum absolute atomic E-state index is 0.124. The van der Waals surface area contributed by atoms with E-state index < -0.39 is 0 Å². The first-order valence-electron chi connectivity index (χ1n) is 5.99. The van der Waals surface area contributed by atoms with Gasteiger partial charge in [0.15, 0.2) is 0 Å². The molecule has 2 atom stereocenters. The molecule has 0 N–H and O–H groups in total. The zero-order valence-electron chi connectivity index (χ0n) is 10.6. The van der Waals surface area contributed by atoms with Crippen LogP contribution >= 0.6 is 15.9 Å². The molecule has 2 unspecified atom stereocenters. The first-order valence-corrected chi connectivity index (χ1v) is 6.91. The van der Waals surface area contributed by atoms with E-state index in [4.69, 9.17) is 9.47 Å². The van der Waals surface area contributed by atoms with Gasteiger partial charge in [-0.15, -0.1) is 0 Å². The van der Waals surface area contributed by atoms with Gasteiger partial charge in [-0.2, -0.15) is 0 Å². The Bertz CT molecular complexity index is 397. The van der Waals surface area contributed by atoms with Gasteiger partial charge in [0.05, 0.1) is 17.5 Å². The van der Waals surface area contributed by atoms with Gasteiger partial charge in [0.1, 0.15) is 5.75 Å². The molecule has 0 radical (unpaired) electrons. The monoisotopic (exact) mass is 298 g/mol. The average Bonchev–Trinajstić information content (AvgIpc) is 2.76. The molecule has 2 rings (SSSR count). The van der Waals surface area contributed by atoms with Crippen LogP contribution in [-0.2, 0) is 4.74 Å². The second-order valence-electron chi connectivity index (χ2n) is 4.87. The highest BCUT2D eigenvalue weighted by molar-refractivity contribution is 9.09. The van der Waals surface area contributed by atoms with Crippen LogP contribution in [0.15, 0.2) is 18.2 Å². The van der Waals surface area contributed by atoms with Gasteiger partial charge in [0, 0.05) is 12.2 Å². The van der Waals surface area contributed by atoms with Crippen LogP contribution in [0.1, 0.15) is 35.7 Å². The van der Waals surface area contributed by atoms with Crippen molar-refractivity contribution in [2.45, 2.75) is 37.1 Å². The van der Waals surface area contributed by atoms with Crippen molar-refractivity contribution < 1.29 is 9.47 Å². The Labute approximate surface area is 111 Å². The zero-order chi connectivity index (χ0) is 12.5. The van der Waals surface area contributed by atoms with Gasteiger partial charge in [-0.25, -0.2) is 0 Å². The highest BCUT2D eigenvalue weighted by Crippen LogP contribution is 2.45. The van der Waals surface area contributed by atoms with Gasteiger partial charge < -0.3 is 9.47 Å². The number of hydrogen-bond acceptors (Lipinski definition) is 2. The van der Waals surface area contributed by atoms with Gasteiger partial charge in [0.25, 0.3) is 0 Å². The van der Waals surface area contributed by atoms with E-state index in [0.29, 0.717) is 0 Å². The molecular weight excluding hydrogens is 280 g/mol. The second-order valence-corrected chi connectivity index (χ2v) is 5.79. The van der Waals surface area contributed by atoms with Crippen molar-refractivity contribution in [3.8, 4) is 5.75 Å². The Balaban J connectivity index is 2.35. The zero-order valence-corrected chi connectivity index (χ0v) is 12.2. The molecule has 94 valence electrons. The molecule has 1 aromatic rings. The van der Waals surface area contributed by atoms with E-state index in [-0.39, 0.29) is 10.4 Å². The molecule has 3 heteroatoms. The molecule has 0 aliphatic carbocycles. The quantitative estimate of drug-likeness (QED) is 0.785. The van der Waals surface area contributed by atoms with E-state index in [1.165, 1.54) is 11.1 Å².